The molecule has 92 valence electrons. The van der Waals surface area contributed by atoms with Crippen molar-refractivity contribution in [3.05, 3.63) is 24.3 Å². The summed E-state index contributed by atoms with van der Waals surface area (Å²) < 4.78 is 2.17. The Morgan fingerprint density at radius 1 is 1.24 bits per heavy atom. The van der Waals surface area contributed by atoms with E-state index in [1.165, 1.54) is 19.3 Å². The van der Waals surface area contributed by atoms with E-state index in [9.17, 15) is 0 Å². The summed E-state index contributed by atoms with van der Waals surface area (Å²) in [7, 11) is 2.07. The molecular weight excluding hydrogens is 212 g/mol. The summed E-state index contributed by atoms with van der Waals surface area (Å²) >= 11 is 0. The van der Waals surface area contributed by atoms with Crippen LogP contribution in [-0.2, 0) is 13.5 Å². The third kappa shape index (κ3) is 2.82. The van der Waals surface area contributed by atoms with Gasteiger partial charge in [0.25, 0.3) is 0 Å². The second-order valence-electron chi connectivity index (χ2n) is 4.40. The molecule has 0 bridgehead atoms. The summed E-state index contributed by atoms with van der Waals surface area (Å²) in [4.78, 5) is 8.70. The molecular formula is C13H20N4. The standard InChI is InChI=1S/C13H20N4/c1-17-12-7-9-15-10-11(12)16-13(17)6-4-2-3-5-8-14/h7,9-10H,2-6,8,14H2,1H3. The number of pyridine rings is 1. The van der Waals surface area contributed by atoms with Crippen LogP contribution in [0.1, 0.15) is 31.5 Å². The van der Waals surface area contributed by atoms with Crippen molar-refractivity contribution in [3.8, 4) is 0 Å². The Labute approximate surface area is 102 Å². The molecule has 0 amide bonds. The van der Waals surface area contributed by atoms with Gasteiger partial charge in [0.05, 0.1) is 11.7 Å². The van der Waals surface area contributed by atoms with Crippen LogP contribution in [0.15, 0.2) is 18.5 Å². The SMILES string of the molecule is Cn1c(CCCCCCN)nc2cnccc21. The zero-order chi connectivity index (χ0) is 12.1. The van der Waals surface area contributed by atoms with Gasteiger partial charge in [-0.1, -0.05) is 12.8 Å². The Bertz CT molecular complexity index is 475. The van der Waals surface area contributed by atoms with Crippen LogP contribution < -0.4 is 5.73 Å². The van der Waals surface area contributed by atoms with E-state index in [1.54, 1.807) is 0 Å². The number of unbranched alkanes of at least 4 members (excludes halogenated alkanes) is 3. The van der Waals surface area contributed by atoms with Crippen molar-refractivity contribution in [2.75, 3.05) is 6.54 Å². The van der Waals surface area contributed by atoms with Gasteiger partial charge < -0.3 is 10.3 Å². The average Bonchev–Trinajstić information content (AvgIpc) is 2.67. The lowest BCUT2D eigenvalue weighted by atomic mass is 10.1. The molecule has 0 aliphatic rings. The minimum atomic E-state index is 0.804. The molecule has 0 aliphatic heterocycles. The van der Waals surface area contributed by atoms with E-state index in [-0.39, 0.29) is 0 Å². The van der Waals surface area contributed by atoms with Crippen LogP contribution in [0.5, 0.6) is 0 Å². The maximum Gasteiger partial charge on any atom is 0.109 e. The summed E-state index contributed by atoms with van der Waals surface area (Å²) in [6.45, 7) is 0.804. The molecule has 0 atom stereocenters. The maximum absolute atomic E-state index is 5.47. The van der Waals surface area contributed by atoms with Gasteiger partial charge in [0.1, 0.15) is 11.3 Å². The fourth-order valence-electron chi connectivity index (χ4n) is 2.11. The molecule has 2 aromatic rings. The highest BCUT2D eigenvalue weighted by Crippen LogP contribution is 2.15. The highest BCUT2D eigenvalue weighted by molar-refractivity contribution is 5.74. The molecule has 0 aromatic carbocycles. The molecule has 2 aromatic heterocycles. The van der Waals surface area contributed by atoms with Crippen molar-refractivity contribution >= 4 is 11.0 Å². The van der Waals surface area contributed by atoms with Crippen molar-refractivity contribution in [2.24, 2.45) is 12.8 Å². The first kappa shape index (κ1) is 12.0. The molecule has 0 saturated carbocycles. The van der Waals surface area contributed by atoms with Gasteiger partial charge in [-0.3, -0.25) is 4.98 Å². The van der Waals surface area contributed by atoms with E-state index in [2.05, 4.69) is 21.6 Å². The van der Waals surface area contributed by atoms with Crippen LogP contribution in [-0.4, -0.2) is 21.1 Å². The molecule has 0 radical (unpaired) electrons. The zero-order valence-corrected chi connectivity index (χ0v) is 10.4. The Hall–Kier alpha value is -1.42. The number of rotatable bonds is 6. The van der Waals surface area contributed by atoms with Gasteiger partial charge in [0, 0.05) is 19.7 Å². The van der Waals surface area contributed by atoms with Crippen LogP contribution in [0, 0.1) is 0 Å². The summed E-state index contributed by atoms with van der Waals surface area (Å²) in [6.07, 6.45) is 9.45. The van der Waals surface area contributed by atoms with Crippen molar-refractivity contribution in [3.63, 3.8) is 0 Å². The molecule has 2 N–H and O–H groups in total. The van der Waals surface area contributed by atoms with Crippen molar-refractivity contribution in [1.29, 1.82) is 0 Å². The van der Waals surface area contributed by atoms with Crippen LogP contribution in [0.3, 0.4) is 0 Å². The van der Waals surface area contributed by atoms with E-state index in [1.807, 2.05) is 18.5 Å². The maximum atomic E-state index is 5.47. The third-order valence-electron chi connectivity index (χ3n) is 3.13. The minimum Gasteiger partial charge on any atom is -0.331 e. The first-order chi connectivity index (χ1) is 8.33. The monoisotopic (exact) mass is 232 g/mol. The molecule has 0 unspecified atom stereocenters. The molecule has 2 rings (SSSR count). The number of nitrogens with two attached hydrogens (primary N) is 1. The molecule has 0 aliphatic carbocycles. The smallest absolute Gasteiger partial charge is 0.109 e. The Kier molecular flexibility index (Phi) is 4.09. The van der Waals surface area contributed by atoms with Crippen LogP contribution in [0.25, 0.3) is 11.0 Å². The average molecular weight is 232 g/mol. The van der Waals surface area contributed by atoms with Gasteiger partial charge in [-0.2, -0.15) is 0 Å². The third-order valence-corrected chi connectivity index (χ3v) is 3.13. The molecule has 4 heteroatoms. The number of aryl methyl sites for hydroxylation is 2. The van der Waals surface area contributed by atoms with Crippen molar-refractivity contribution in [2.45, 2.75) is 32.1 Å². The lowest BCUT2D eigenvalue weighted by molar-refractivity contribution is 0.627. The Morgan fingerprint density at radius 3 is 2.82 bits per heavy atom. The second kappa shape index (κ2) is 5.77. The lowest BCUT2D eigenvalue weighted by Gasteiger charge is -2.02. The molecule has 2 heterocycles. The predicted octanol–water partition coefficient (Wildman–Crippen LogP) is 2.03. The van der Waals surface area contributed by atoms with Crippen LogP contribution >= 0.6 is 0 Å². The van der Waals surface area contributed by atoms with E-state index in [4.69, 9.17) is 5.73 Å². The Balaban J connectivity index is 1.97. The van der Waals surface area contributed by atoms with E-state index in [0.717, 1.165) is 36.2 Å². The Morgan fingerprint density at radius 2 is 2.06 bits per heavy atom. The van der Waals surface area contributed by atoms with Gasteiger partial charge in [-0.05, 0) is 25.5 Å². The lowest BCUT2D eigenvalue weighted by Crippen LogP contribution is -2.00. The first-order valence-electron chi connectivity index (χ1n) is 6.28. The van der Waals surface area contributed by atoms with E-state index in [0.29, 0.717) is 0 Å². The summed E-state index contributed by atoms with van der Waals surface area (Å²) in [6, 6.07) is 2.01. The number of hydrogen-bond donors (Lipinski definition) is 1. The molecule has 17 heavy (non-hydrogen) atoms. The largest absolute Gasteiger partial charge is 0.331 e. The number of hydrogen-bond acceptors (Lipinski definition) is 3. The molecule has 0 fully saturated rings. The normalized spacial score (nSPS) is 11.2. The minimum absolute atomic E-state index is 0.804. The van der Waals surface area contributed by atoms with Crippen LogP contribution in [0.4, 0.5) is 0 Å². The first-order valence-corrected chi connectivity index (χ1v) is 6.28. The number of imidazole rings is 1. The quantitative estimate of drug-likeness (QED) is 0.775. The van der Waals surface area contributed by atoms with Crippen LogP contribution in [0.2, 0.25) is 0 Å². The summed E-state index contributed by atoms with van der Waals surface area (Å²) in [5.41, 5.74) is 7.63. The van der Waals surface area contributed by atoms with Gasteiger partial charge in [-0.25, -0.2) is 4.98 Å². The van der Waals surface area contributed by atoms with Crippen molar-refractivity contribution < 1.29 is 0 Å². The second-order valence-corrected chi connectivity index (χ2v) is 4.40. The van der Waals surface area contributed by atoms with Gasteiger partial charge in [0.2, 0.25) is 0 Å². The van der Waals surface area contributed by atoms with E-state index >= 15 is 0 Å². The fraction of sp³-hybridized carbons (Fsp3) is 0.538. The van der Waals surface area contributed by atoms with Crippen molar-refractivity contribution in [1.82, 2.24) is 14.5 Å². The number of nitrogens with zero attached hydrogens (tertiary/aromatic N) is 3. The highest BCUT2D eigenvalue weighted by Gasteiger charge is 2.06. The highest BCUT2D eigenvalue weighted by atomic mass is 15.1. The fourth-order valence-corrected chi connectivity index (χ4v) is 2.11. The summed E-state index contributed by atoms with van der Waals surface area (Å²) in [5.74, 6) is 1.15. The molecule has 4 nitrogen and oxygen atoms in total. The molecule has 0 spiro atoms. The topological polar surface area (TPSA) is 56.7 Å². The predicted molar refractivity (Wildman–Crippen MR) is 69.7 cm³/mol. The summed E-state index contributed by atoms with van der Waals surface area (Å²) in [5, 5.41) is 0. The number of aromatic nitrogens is 3. The van der Waals surface area contributed by atoms with Gasteiger partial charge in [0.15, 0.2) is 0 Å². The van der Waals surface area contributed by atoms with E-state index < -0.39 is 0 Å². The number of fused-ring (bicyclic) bond motifs is 1. The van der Waals surface area contributed by atoms with Gasteiger partial charge >= 0.3 is 0 Å². The molecule has 0 saturated heterocycles. The zero-order valence-electron chi connectivity index (χ0n) is 10.4. The van der Waals surface area contributed by atoms with Gasteiger partial charge in [-0.15, -0.1) is 0 Å².